The van der Waals surface area contributed by atoms with Gasteiger partial charge in [0.1, 0.15) is 0 Å². The van der Waals surface area contributed by atoms with Crippen LogP contribution in [0.25, 0.3) is 0 Å². The molecule has 0 aliphatic carbocycles. The topological polar surface area (TPSA) is 29.9 Å². The molecule has 0 aliphatic heterocycles. The Balaban J connectivity index is 1.85. The maximum absolute atomic E-state index is 6.12. The predicted octanol–water partition coefficient (Wildman–Crippen LogP) is 3.91. The number of nitrogens with zero attached hydrogens (tertiary/aromatic N) is 2. The Kier molecular flexibility index (Phi) is 4.67. The zero-order valence-electron chi connectivity index (χ0n) is 10.3. The first-order valence-corrected chi connectivity index (χ1v) is 7.30. The molecule has 2 aromatic rings. The van der Waals surface area contributed by atoms with Gasteiger partial charge in [-0.15, -0.1) is 11.3 Å². The zero-order valence-corrected chi connectivity index (χ0v) is 12.6. The summed E-state index contributed by atoms with van der Waals surface area (Å²) >= 11 is 13.5. The molecule has 1 N–H and O–H groups in total. The van der Waals surface area contributed by atoms with Gasteiger partial charge in [0.15, 0.2) is 0 Å². The third-order valence-electron chi connectivity index (χ3n) is 2.70. The Morgan fingerprint density at radius 1 is 1.50 bits per heavy atom. The number of halogens is 2. The molecule has 0 spiro atoms. The highest BCUT2D eigenvalue weighted by atomic mass is 35.5. The highest BCUT2D eigenvalue weighted by Gasteiger charge is 2.12. The predicted molar refractivity (Wildman–Crippen MR) is 77.7 cm³/mol. The van der Waals surface area contributed by atoms with Gasteiger partial charge in [0.05, 0.1) is 21.4 Å². The number of aromatic nitrogens is 2. The molecule has 0 aromatic carbocycles. The molecule has 1 atom stereocenters. The Morgan fingerprint density at radius 3 is 2.83 bits per heavy atom. The summed E-state index contributed by atoms with van der Waals surface area (Å²) in [6, 6.07) is 2.11. The summed E-state index contributed by atoms with van der Waals surface area (Å²) in [6.07, 6.45) is 3.89. The number of nitrogens with one attached hydrogen (secondary N) is 1. The van der Waals surface area contributed by atoms with Gasteiger partial charge >= 0.3 is 0 Å². The molecule has 2 heterocycles. The van der Waals surface area contributed by atoms with Crippen molar-refractivity contribution in [3.05, 3.63) is 38.3 Å². The lowest BCUT2D eigenvalue weighted by Gasteiger charge is -2.13. The van der Waals surface area contributed by atoms with Crippen LogP contribution in [0.3, 0.4) is 0 Å². The first kappa shape index (κ1) is 13.9. The van der Waals surface area contributed by atoms with Gasteiger partial charge in [-0.05, 0) is 31.0 Å². The molecule has 0 radical (unpaired) electrons. The van der Waals surface area contributed by atoms with Crippen LogP contribution in [-0.2, 0) is 6.54 Å². The Hall–Kier alpha value is -0.550. The van der Waals surface area contributed by atoms with Gasteiger partial charge in [-0.25, -0.2) is 0 Å². The van der Waals surface area contributed by atoms with Crippen LogP contribution in [0.1, 0.15) is 24.1 Å². The third-order valence-corrected chi connectivity index (χ3v) is 4.22. The van der Waals surface area contributed by atoms with Crippen molar-refractivity contribution in [3.63, 3.8) is 0 Å². The van der Waals surface area contributed by atoms with Gasteiger partial charge in [0.2, 0.25) is 0 Å². The van der Waals surface area contributed by atoms with E-state index >= 15 is 0 Å². The number of hydrogen-bond donors (Lipinski definition) is 1. The summed E-state index contributed by atoms with van der Waals surface area (Å²) in [4.78, 5) is 0. The molecule has 0 aliphatic rings. The van der Waals surface area contributed by atoms with E-state index in [1.54, 1.807) is 0 Å². The normalized spacial score (nSPS) is 12.9. The molecular weight excluding hydrogens is 289 g/mol. The van der Waals surface area contributed by atoms with E-state index < -0.39 is 0 Å². The standard InChI is InChI=1S/C12H15Cl2N3S/c1-8-6-16-17(7-8)4-3-15-9(2)10-5-11(13)18-12(10)14/h5-7,9,15H,3-4H2,1-2H3. The van der Waals surface area contributed by atoms with Crippen LogP contribution in [0.5, 0.6) is 0 Å². The van der Waals surface area contributed by atoms with Crippen LogP contribution in [0.2, 0.25) is 8.67 Å². The van der Waals surface area contributed by atoms with Crippen LogP contribution in [-0.4, -0.2) is 16.3 Å². The van der Waals surface area contributed by atoms with E-state index in [2.05, 4.69) is 17.3 Å². The van der Waals surface area contributed by atoms with E-state index in [1.807, 2.05) is 30.1 Å². The fourth-order valence-electron chi connectivity index (χ4n) is 1.74. The van der Waals surface area contributed by atoms with Crippen molar-refractivity contribution in [1.82, 2.24) is 15.1 Å². The molecule has 2 aromatic heterocycles. The minimum absolute atomic E-state index is 0.193. The van der Waals surface area contributed by atoms with E-state index in [9.17, 15) is 0 Å². The van der Waals surface area contributed by atoms with Crippen LogP contribution in [0.15, 0.2) is 18.5 Å². The summed E-state index contributed by atoms with van der Waals surface area (Å²) in [7, 11) is 0. The van der Waals surface area contributed by atoms with E-state index in [0.29, 0.717) is 0 Å². The average molecular weight is 304 g/mol. The van der Waals surface area contributed by atoms with Crippen LogP contribution in [0.4, 0.5) is 0 Å². The summed E-state index contributed by atoms with van der Waals surface area (Å²) in [5.41, 5.74) is 2.24. The van der Waals surface area contributed by atoms with Gasteiger partial charge in [0, 0.05) is 18.8 Å². The Morgan fingerprint density at radius 2 is 2.28 bits per heavy atom. The Bertz CT molecular complexity index is 521. The fraction of sp³-hybridized carbons (Fsp3) is 0.417. The second-order valence-electron chi connectivity index (χ2n) is 4.24. The molecule has 1 unspecified atom stereocenters. The SMILES string of the molecule is Cc1cnn(CCNC(C)c2cc(Cl)sc2Cl)c1. The molecule has 0 bridgehead atoms. The molecule has 2 rings (SSSR count). The first-order valence-electron chi connectivity index (χ1n) is 5.73. The lowest BCUT2D eigenvalue weighted by Crippen LogP contribution is -2.23. The minimum Gasteiger partial charge on any atom is -0.308 e. The van der Waals surface area contributed by atoms with Crippen molar-refractivity contribution in [2.75, 3.05) is 6.54 Å². The van der Waals surface area contributed by atoms with Crippen LogP contribution < -0.4 is 5.32 Å². The molecule has 18 heavy (non-hydrogen) atoms. The first-order chi connectivity index (χ1) is 8.56. The van der Waals surface area contributed by atoms with Gasteiger partial charge in [-0.1, -0.05) is 23.2 Å². The van der Waals surface area contributed by atoms with Crippen LogP contribution in [0, 0.1) is 6.92 Å². The van der Waals surface area contributed by atoms with E-state index in [1.165, 1.54) is 16.9 Å². The van der Waals surface area contributed by atoms with E-state index in [4.69, 9.17) is 23.2 Å². The smallest absolute Gasteiger partial charge is 0.0991 e. The molecule has 0 saturated heterocycles. The highest BCUT2D eigenvalue weighted by molar-refractivity contribution is 7.20. The summed E-state index contributed by atoms with van der Waals surface area (Å²) < 4.78 is 3.42. The van der Waals surface area contributed by atoms with Gasteiger partial charge in [-0.3, -0.25) is 4.68 Å². The second kappa shape index (κ2) is 6.06. The molecular formula is C12H15Cl2N3S. The quantitative estimate of drug-likeness (QED) is 0.907. The molecule has 6 heteroatoms. The number of rotatable bonds is 5. The van der Waals surface area contributed by atoms with Crippen molar-refractivity contribution in [2.45, 2.75) is 26.4 Å². The van der Waals surface area contributed by atoms with Crippen molar-refractivity contribution < 1.29 is 0 Å². The molecule has 3 nitrogen and oxygen atoms in total. The van der Waals surface area contributed by atoms with Gasteiger partial charge in [0.25, 0.3) is 0 Å². The van der Waals surface area contributed by atoms with Gasteiger partial charge < -0.3 is 5.32 Å². The number of hydrogen-bond acceptors (Lipinski definition) is 3. The minimum atomic E-state index is 0.193. The lowest BCUT2D eigenvalue weighted by atomic mass is 10.2. The maximum Gasteiger partial charge on any atom is 0.0991 e. The van der Waals surface area contributed by atoms with Gasteiger partial charge in [-0.2, -0.15) is 5.10 Å². The molecule has 0 fully saturated rings. The van der Waals surface area contributed by atoms with Crippen molar-refractivity contribution >= 4 is 34.5 Å². The summed E-state index contributed by atoms with van der Waals surface area (Å²) in [6.45, 7) is 5.80. The third kappa shape index (κ3) is 3.48. The second-order valence-corrected chi connectivity index (χ2v) is 6.52. The fourth-order valence-corrected chi connectivity index (χ4v) is 3.39. The van der Waals surface area contributed by atoms with Crippen molar-refractivity contribution in [3.8, 4) is 0 Å². The molecule has 0 amide bonds. The maximum atomic E-state index is 6.12. The van der Waals surface area contributed by atoms with Crippen molar-refractivity contribution in [1.29, 1.82) is 0 Å². The molecule has 98 valence electrons. The summed E-state index contributed by atoms with van der Waals surface area (Å²) in [5.74, 6) is 0. The van der Waals surface area contributed by atoms with Crippen LogP contribution >= 0.6 is 34.5 Å². The van der Waals surface area contributed by atoms with E-state index in [0.717, 1.165) is 27.3 Å². The monoisotopic (exact) mass is 303 g/mol. The highest BCUT2D eigenvalue weighted by Crippen LogP contribution is 2.34. The van der Waals surface area contributed by atoms with E-state index in [-0.39, 0.29) is 6.04 Å². The number of thiophene rings is 1. The Labute approximate surface area is 121 Å². The largest absolute Gasteiger partial charge is 0.308 e. The lowest BCUT2D eigenvalue weighted by molar-refractivity contribution is 0.508. The van der Waals surface area contributed by atoms with Crippen molar-refractivity contribution in [2.24, 2.45) is 0 Å². The average Bonchev–Trinajstić information content (AvgIpc) is 2.85. The summed E-state index contributed by atoms with van der Waals surface area (Å²) in [5, 5.41) is 7.65. The zero-order chi connectivity index (χ0) is 13.1. The number of aryl methyl sites for hydroxylation is 1. The molecule has 0 saturated carbocycles.